The Labute approximate surface area is 105 Å². The maximum Gasteiger partial charge on any atom is 0.415 e. The van der Waals surface area contributed by atoms with Crippen molar-refractivity contribution >= 4 is 23.4 Å². The zero-order chi connectivity index (χ0) is 12.5. The number of halogens is 1. The molecule has 1 aliphatic rings. The van der Waals surface area contributed by atoms with E-state index >= 15 is 0 Å². The highest BCUT2D eigenvalue weighted by Gasteiger charge is 2.44. The third-order valence-electron chi connectivity index (χ3n) is 2.96. The predicted molar refractivity (Wildman–Crippen MR) is 65.4 cm³/mol. The van der Waals surface area contributed by atoms with Crippen molar-refractivity contribution in [1.82, 2.24) is 0 Å². The number of rotatable bonds is 3. The number of benzene rings is 1. The number of aliphatic hydroxyl groups excluding tert-OH is 1. The van der Waals surface area contributed by atoms with Crippen molar-refractivity contribution in [3.05, 3.63) is 29.3 Å². The second kappa shape index (κ2) is 4.55. The van der Waals surface area contributed by atoms with Crippen molar-refractivity contribution in [2.24, 2.45) is 0 Å². The van der Waals surface area contributed by atoms with Crippen molar-refractivity contribution in [1.29, 1.82) is 0 Å². The molecule has 5 heteroatoms. The highest BCUT2D eigenvalue weighted by molar-refractivity contribution is 6.30. The normalized spacial score (nSPS) is 23.9. The highest BCUT2D eigenvalue weighted by Crippen LogP contribution is 2.33. The van der Waals surface area contributed by atoms with Crippen LogP contribution in [0.25, 0.3) is 0 Å². The van der Waals surface area contributed by atoms with Crippen LogP contribution in [0, 0.1) is 0 Å². The number of amides is 1. The molecule has 92 valence electrons. The number of aliphatic hydroxyl groups is 1. The minimum absolute atomic E-state index is 0.0111. The SMILES string of the molecule is CC1(CCO)COC(=O)N1c1ccc(Cl)cc1. The summed E-state index contributed by atoms with van der Waals surface area (Å²) in [5.41, 5.74) is 0.229. The summed E-state index contributed by atoms with van der Waals surface area (Å²) in [5.74, 6) is 0. The molecule has 0 spiro atoms. The van der Waals surface area contributed by atoms with Gasteiger partial charge in [-0.1, -0.05) is 11.6 Å². The molecule has 1 aromatic rings. The molecule has 1 unspecified atom stereocenters. The third-order valence-corrected chi connectivity index (χ3v) is 3.22. The maximum absolute atomic E-state index is 11.7. The molecule has 1 aliphatic heterocycles. The fourth-order valence-electron chi connectivity index (χ4n) is 2.00. The number of carbonyl (C=O) groups is 1. The molecule has 0 radical (unpaired) electrons. The highest BCUT2D eigenvalue weighted by atomic mass is 35.5. The minimum Gasteiger partial charge on any atom is -0.447 e. The number of cyclic esters (lactones) is 1. The lowest BCUT2D eigenvalue weighted by atomic mass is 9.97. The van der Waals surface area contributed by atoms with Gasteiger partial charge in [0.05, 0.1) is 5.54 Å². The van der Waals surface area contributed by atoms with E-state index in [2.05, 4.69) is 0 Å². The van der Waals surface area contributed by atoms with Crippen molar-refractivity contribution in [3.63, 3.8) is 0 Å². The molecular formula is C12H14ClNO3. The van der Waals surface area contributed by atoms with Gasteiger partial charge in [-0.05, 0) is 37.6 Å². The second-order valence-electron chi connectivity index (χ2n) is 4.34. The molecule has 1 heterocycles. The van der Waals surface area contributed by atoms with E-state index in [9.17, 15) is 4.79 Å². The van der Waals surface area contributed by atoms with Gasteiger partial charge in [-0.15, -0.1) is 0 Å². The molecule has 1 fully saturated rings. The van der Waals surface area contributed by atoms with Gasteiger partial charge in [0.2, 0.25) is 0 Å². The Balaban J connectivity index is 2.33. The lowest BCUT2D eigenvalue weighted by Crippen LogP contribution is -2.45. The third kappa shape index (κ3) is 2.23. The van der Waals surface area contributed by atoms with Crippen molar-refractivity contribution < 1.29 is 14.6 Å². The summed E-state index contributed by atoms with van der Waals surface area (Å²) in [6.45, 7) is 2.19. The van der Waals surface area contributed by atoms with E-state index in [1.54, 1.807) is 29.2 Å². The molecule has 17 heavy (non-hydrogen) atoms. The number of hydrogen-bond acceptors (Lipinski definition) is 3. The van der Waals surface area contributed by atoms with E-state index < -0.39 is 5.54 Å². The van der Waals surface area contributed by atoms with Gasteiger partial charge in [0.15, 0.2) is 0 Å². The van der Waals surface area contributed by atoms with Crippen molar-refractivity contribution in [2.45, 2.75) is 18.9 Å². The number of hydrogen-bond donors (Lipinski definition) is 1. The predicted octanol–water partition coefficient (Wildman–Crippen LogP) is 2.44. The van der Waals surface area contributed by atoms with E-state index in [1.165, 1.54) is 0 Å². The lowest BCUT2D eigenvalue weighted by molar-refractivity contribution is 0.167. The molecule has 1 saturated heterocycles. The summed E-state index contributed by atoms with van der Waals surface area (Å²) in [7, 11) is 0. The van der Waals surface area contributed by atoms with Crippen LogP contribution in [0.5, 0.6) is 0 Å². The van der Waals surface area contributed by atoms with Gasteiger partial charge in [0.25, 0.3) is 0 Å². The van der Waals surface area contributed by atoms with Crippen LogP contribution in [0.1, 0.15) is 13.3 Å². The van der Waals surface area contributed by atoms with Gasteiger partial charge in [0.1, 0.15) is 6.61 Å². The quantitative estimate of drug-likeness (QED) is 0.903. The Morgan fingerprint density at radius 2 is 2.12 bits per heavy atom. The first-order chi connectivity index (χ1) is 8.07. The van der Waals surface area contributed by atoms with Crippen LogP contribution in [-0.2, 0) is 4.74 Å². The number of ether oxygens (including phenoxy) is 1. The minimum atomic E-state index is -0.500. The van der Waals surface area contributed by atoms with Gasteiger partial charge in [-0.2, -0.15) is 0 Å². The summed E-state index contributed by atoms with van der Waals surface area (Å²) >= 11 is 5.81. The van der Waals surface area contributed by atoms with Gasteiger partial charge < -0.3 is 9.84 Å². The molecular weight excluding hydrogens is 242 g/mol. The number of carbonyl (C=O) groups excluding carboxylic acids is 1. The van der Waals surface area contributed by atoms with E-state index in [1.807, 2.05) is 6.92 Å². The first-order valence-electron chi connectivity index (χ1n) is 5.40. The summed E-state index contributed by atoms with van der Waals surface area (Å²) in [6, 6.07) is 6.98. The van der Waals surface area contributed by atoms with Crippen molar-refractivity contribution in [3.8, 4) is 0 Å². The van der Waals surface area contributed by atoms with E-state index in [4.69, 9.17) is 21.4 Å². The number of nitrogens with zero attached hydrogens (tertiary/aromatic N) is 1. The van der Waals surface area contributed by atoms with Crippen LogP contribution in [0.4, 0.5) is 10.5 Å². The average Bonchev–Trinajstić information content (AvgIpc) is 2.57. The molecule has 0 aromatic heterocycles. The Morgan fingerprint density at radius 1 is 1.47 bits per heavy atom. The van der Waals surface area contributed by atoms with Crippen LogP contribution < -0.4 is 4.90 Å². The first-order valence-corrected chi connectivity index (χ1v) is 5.78. The van der Waals surface area contributed by atoms with Crippen LogP contribution in [0.2, 0.25) is 5.02 Å². The van der Waals surface area contributed by atoms with E-state index in [-0.39, 0.29) is 19.3 Å². The van der Waals surface area contributed by atoms with Gasteiger partial charge in [-0.25, -0.2) is 4.79 Å². The molecule has 0 aliphatic carbocycles. The molecule has 1 atom stereocenters. The summed E-state index contributed by atoms with van der Waals surface area (Å²) in [6.07, 6.45) is 0.0877. The second-order valence-corrected chi connectivity index (χ2v) is 4.77. The first kappa shape index (κ1) is 12.2. The lowest BCUT2D eigenvalue weighted by Gasteiger charge is -2.31. The zero-order valence-electron chi connectivity index (χ0n) is 9.52. The van der Waals surface area contributed by atoms with Gasteiger partial charge >= 0.3 is 6.09 Å². The van der Waals surface area contributed by atoms with Crippen LogP contribution in [0.3, 0.4) is 0 Å². The molecule has 0 bridgehead atoms. The molecule has 0 saturated carbocycles. The van der Waals surface area contributed by atoms with Crippen molar-refractivity contribution in [2.75, 3.05) is 18.1 Å². The molecule has 2 rings (SSSR count). The summed E-state index contributed by atoms with van der Waals surface area (Å²) in [4.78, 5) is 13.3. The fourth-order valence-corrected chi connectivity index (χ4v) is 2.12. The Hall–Kier alpha value is -1.26. The summed E-state index contributed by atoms with van der Waals surface area (Å²) in [5, 5.41) is 9.69. The Morgan fingerprint density at radius 3 is 2.71 bits per heavy atom. The fraction of sp³-hybridized carbons (Fsp3) is 0.417. The topological polar surface area (TPSA) is 49.8 Å². The molecule has 1 aromatic carbocycles. The monoisotopic (exact) mass is 255 g/mol. The zero-order valence-corrected chi connectivity index (χ0v) is 10.3. The van der Waals surface area contributed by atoms with E-state index in [0.29, 0.717) is 11.4 Å². The average molecular weight is 256 g/mol. The standard InChI is InChI=1S/C12H14ClNO3/c1-12(6-7-15)8-17-11(16)14(12)10-4-2-9(13)3-5-10/h2-5,15H,6-8H2,1H3. The van der Waals surface area contributed by atoms with Crippen LogP contribution in [-0.4, -0.2) is 30.0 Å². The van der Waals surface area contributed by atoms with Crippen LogP contribution in [0.15, 0.2) is 24.3 Å². The Kier molecular flexibility index (Phi) is 3.26. The Bertz CT molecular complexity index is 420. The summed E-state index contributed by atoms with van der Waals surface area (Å²) < 4.78 is 5.06. The molecule has 4 nitrogen and oxygen atoms in total. The smallest absolute Gasteiger partial charge is 0.415 e. The van der Waals surface area contributed by atoms with E-state index in [0.717, 1.165) is 5.69 Å². The largest absolute Gasteiger partial charge is 0.447 e. The van der Waals surface area contributed by atoms with Crippen LogP contribution >= 0.6 is 11.6 Å². The molecule has 1 N–H and O–H groups in total. The molecule has 1 amide bonds. The number of anilines is 1. The van der Waals surface area contributed by atoms with Gasteiger partial charge in [0, 0.05) is 17.3 Å². The maximum atomic E-state index is 11.7. The van der Waals surface area contributed by atoms with Gasteiger partial charge in [-0.3, -0.25) is 4.90 Å².